The van der Waals surface area contributed by atoms with Gasteiger partial charge in [-0.25, -0.2) is 4.68 Å². The lowest BCUT2D eigenvalue weighted by atomic mass is 10.0. The maximum atomic E-state index is 12.3. The van der Waals surface area contributed by atoms with Gasteiger partial charge in [-0.3, -0.25) is 9.59 Å². The normalized spacial score (nSPS) is 15.6. The molecule has 2 heterocycles. The molecular formula is C19H25N5O3. The molecule has 0 fully saturated rings. The summed E-state index contributed by atoms with van der Waals surface area (Å²) in [5.41, 5.74) is 1.39. The number of carbonyl (C=O) groups excluding carboxylic acids is 2. The molecule has 2 aromatic rings. The van der Waals surface area contributed by atoms with Gasteiger partial charge in [0.05, 0.1) is 12.7 Å². The van der Waals surface area contributed by atoms with E-state index in [1.54, 1.807) is 4.90 Å². The van der Waals surface area contributed by atoms with Crippen LogP contribution in [0.5, 0.6) is 5.75 Å². The Labute approximate surface area is 158 Å². The summed E-state index contributed by atoms with van der Waals surface area (Å²) in [6.07, 6.45) is 3.21. The molecule has 0 aliphatic carbocycles. The van der Waals surface area contributed by atoms with Crippen molar-refractivity contribution in [2.24, 2.45) is 0 Å². The molecule has 2 amide bonds. The quantitative estimate of drug-likeness (QED) is 0.792. The fourth-order valence-electron chi connectivity index (χ4n) is 3.12. The van der Waals surface area contributed by atoms with Crippen LogP contribution >= 0.6 is 0 Å². The number of aromatic nitrogens is 3. The Kier molecular flexibility index (Phi) is 6.05. The largest absolute Gasteiger partial charge is 0.488 e. The zero-order chi connectivity index (χ0) is 19.2. The number of amides is 2. The lowest BCUT2D eigenvalue weighted by Crippen LogP contribution is -2.37. The first kappa shape index (κ1) is 18.9. The summed E-state index contributed by atoms with van der Waals surface area (Å²) in [6, 6.07) is 7.94. The van der Waals surface area contributed by atoms with Crippen molar-refractivity contribution < 1.29 is 14.3 Å². The van der Waals surface area contributed by atoms with Gasteiger partial charge in [-0.1, -0.05) is 23.4 Å². The van der Waals surface area contributed by atoms with Crippen molar-refractivity contribution in [1.29, 1.82) is 0 Å². The molecule has 1 aliphatic rings. The van der Waals surface area contributed by atoms with Crippen LogP contribution in [0.15, 0.2) is 30.5 Å². The van der Waals surface area contributed by atoms with E-state index in [1.807, 2.05) is 32.0 Å². The molecular weight excluding hydrogens is 346 g/mol. The number of carbonyl (C=O) groups is 2. The molecule has 8 heteroatoms. The molecule has 1 aromatic heterocycles. The van der Waals surface area contributed by atoms with Gasteiger partial charge in [0.1, 0.15) is 18.4 Å². The fourth-order valence-corrected chi connectivity index (χ4v) is 3.12. The van der Waals surface area contributed by atoms with Crippen LogP contribution in [0.1, 0.15) is 36.3 Å². The minimum Gasteiger partial charge on any atom is -0.488 e. The average molecular weight is 371 g/mol. The number of nitrogens with one attached hydrogen (secondary N) is 1. The number of para-hydroxylation sites is 1. The second-order valence-corrected chi connectivity index (χ2v) is 6.46. The average Bonchev–Trinajstić information content (AvgIpc) is 3.15. The Morgan fingerprint density at radius 3 is 2.85 bits per heavy atom. The van der Waals surface area contributed by atoms with E-state index in [-0.39, 0.29) is 30.2 Å². The third kappa shape index (κ3) is 4.64. The summed E-state index contributed by atoms with van der Waals surface area (Å²) in [5, 5.41) is 10.6. The van der Waals surface area contributed by atoms with Crippen molar-refractivity contribution in [2.45, 2.75) is 39.3 Å². The van der Waals surface area contributed by atoms with Crippen molar-refractivity contribution in [3.05, 3.63) is 41.7 Å². The van der Waals surface area contributed by atoms with Crippen LogP contribution in [0.3, 0.4) is 0 Å². The monoisotopic (exact) mass is 371 g/mol. The van der Waals surface area contributed by atoms with Gasteiger partial charge in [-0.15, -0.1) is 5.10 Å². The number of hydrogen-bond donors (Lipinski definition) is 1. The summed E-state index contributed by atoms with van der Waals surface area (Å²) < 4.78 is 7.31. The lowest BCUT2D eigenvalue weighted by Gasteiger charge is -2.26. The highest BCUT2D eigenvalue weighted by Gasteiger charge is 2.21. The molecule has 0 bridgehead atoms. The number of ether oxygens (including phenoxy) is 1. The summed E-state index contributed by atoms with van der Waals surface area (Å²) in [7, 11) is 0. The molecule has 8 nitrogen and oxygen atoms in total. The highest BCUT2D eigenvalue weighted by molar-refractivity contribution is 5.91. The Morgan fingerprint density at radius 2 is 2.07 bits per heavy atom. The van der Waals surface area contributed by atoms with Gasteiger partial charge in [0, 0.05) is 13.1 Å². The molecule has 1 aliphatic heterocycles. The molecule has 0 unspecified atom stereocenters. The molecule has 27 heavy (non-hydrogen) atoms. The van der Waals surface area contributed by atoms with E-state index >= 15 is 0 Å². The Hall–Kier alpha value is -2.90. The first-order valence-electron chi connectivity index (χ1n) is 9.31. The molecule has 0 saturated carbocycles. The van der Waals surface area contributed by atoms with Crippen LogP contribution in [0.2, 0.25) is 0 Å². The standard InChI is InChI=1S/C19H25N5O3/c1-3-23(4-2)18(25)13-24-12-16(21-22-24)19(26)20-11-15-10-9-14-7-5-6-8-17(14)27-15/h5-8,12,15H,3-4,9-11,13H2,1-2H3,(H,20,26)/t15-/m1/s1. The van der Waals surface area contributed by atoms with E-state index in [2.05, 4.69) is 21.7 Å². The van der Waals surface area contributed by atoms with E-state index < -0.39 is 0 Å². The minimum atomic E-state index is -0.320. The lowest BCUT2D eigenvalue weighted by molar-refractivity contribution is -0.131. The summed E-state index contributed by atoms with van der Waals surface area (Å²) in [6.45, 7) is 5.60. The van der Waals surface area contributed by atoms with Crippen molar-refractivity contribution in [3.8, 4) is 5.75 Å². The van der Waals surface area contributed by atoms with E-state index in [0.717, 1.165) is 18.6 Å². The summed E-state index contributed by atoms with van der Waals surface area (Å²) in [5.74, 6) is 0.508. The molecule has 1 N–H and O–H groups in total. The van der Waals surface area contributed by atoms with E-state index in [4.69, 9.17) is 4.74 Å². The van der Waals surface area contributed by atoms with E-state index in [9.17, 15) is 9.59 Å². The second-order valence-electron chi connectivity index (χ2n) is 6.46. The maximum Gasteiger partial charge on any atom is 0.273 e. The van der Waals surface area contributed by atoms with Crippen molar-refractivity contribution in [2.75, 3.05) is 19.6 Å². The molecule has 1 atom stereocenters. The first-order chi connectivity index (χ1) is 13.1. The van der Waals surface area contributed by atoms with Crippen molar-refractivity contribution in [1.82, 2.24) is 25.2 Å². The summed E-state index contributed by atoms with van der Waals surface area (Å²) in [4.78, 5) is 26.1. The van der Waals surface area contributed by atoms with Gasteiger partial charge in [0.2, 0.25) is 5.91 Å². The number of fused-ring (bicyclic) bond motifs is 1. The second kappa shape index (κ2) is 8.66. The minimum absolute atomic E-state index is 0.0499. The van der Waals surface area contributed by atoms with Crippen LogP contribution in [-0.4, -0.2) is 57.4 Å². The fraction of sp³-hybridized carbons (Fsp3) is 0.474. The van der Waals surface area contributed by atoms with E-state index in [1.165, 1.54) is 16.4 Å². The van der Waals surface area contributed by atoms with Gasteiger partial charge >= 0.3 is 0 Å². The van der Waals surface area contributed by atoms with Crippen LogP contribution in [0, 0.1) is 0 Å². The van der Waals surface area contributed by atoms with Crippen LogP contribution in [0.25, 0.3) is 0 Å². The molecule has 0 radical (unpaired) electrons. The number of aryl methyl sites for hydroxylation is 1. The highest BCUT2D eigenvalue weighted by Crippen LogP contribution is 2.26. The van der Waals surface area contributed by atoms with Crippen LogP contribution in [-0.2, 0) is 17.8 Å². The Morgan fingerprint density at radius 1 is 1.30 bits per heavy atom. The Bertz CT molecular complexity index is 800. The number of hydrogen-bond acceptors (Lipinski definition) is 5. The highest BCUT2D eigenvalue weighted by atomic mass is 16.5. The zero-order valence-corrected chi connectivity index (χ0v) is 15.7. The molecule has 0 saturated heterocycles. The van der Waals surface area contributed by atoms with Gasteiger partial charge in [0.25, 0.3) is 5.91 Å². The smallest absolute Gasteiger partial charge is 0.273 e. The SMILES string of the molecule is CCN(CC)C(=O)Cn1cc(C(=O)NC[C@H]2CCc3ccccc3O2)nn1. The summed E-state index contributed by atoms with van der Waals surface area (Å²) >= 11 is 0. The number of likely N-dealkylation sites (N-methyl/N-ethyl adjacent to an activating group) is 1. The number of benzene rings is 1. The molecule has 3 rings (SSSR count). The zero-order valence-electron chi connectivity index (χ0n) is 15.7. The van der Waals surface area contributed by atoms with Gasteiger partial charge in [0.15, 0.2) is 5.69 Å². The van der Waals surface area contributed by atoms with Crippen molar-refractivity contribution >= 4 is 11.8 Å². The molecule has 144 valence electrons. The van der Waals surface area contributed by atoms with Gasteiger partial charge in [-0.05, 0) is 38.3 Å². The third-order valence-corrected chi connectivity index (χ3v) is 4.68. The topological polar surface area (TPSA) is 89.4 Å². The maximum absolute atomic E-state index is 12.3. The van der Waals surface area contributed by atoms with Crippen LogP contribution < -0.4 is 10.1 Å². The van der Waals surface area contributed by atoms with Crippen LogP contribution in [0.4, 0.5) is 0 Å². The molecule has 1 aromatic carbocycles. The molecule has 0 spiro atoms. The number of nitrogens with zero attached hydrogens (tertiary/aromatic N) is 4. The first-order valence-corrected chi connectivity index (χ1v) is 9.31. The predicted molar refractivity (Wildman–Crippen MR) is 99.5 cm³/mol. The van der Waals surface area contributed by atoms with Gasteiger partial charge in [-0.2, -0.15) is 0 Å². The number of rotatable bonds is 7. The third-order valence-electron chi connectivity index (χ3n) is 4.68. The van der Waals surface area contributed by atoms with Crippen molar-refractivity contribution in [3.63, 3.8) is 0 Å². The van der Waals surface area contributed by atoms with Gasteiger partial charge < -0.3 is 15.0 Å². The Balaban J connectivity index is 1.51. The predicted octanol–water partition coefficient (Wildman–Crippen LogP) is 1.27. The van der Waals surface area contributed by atoms with E-state index in [0.29, 0.717) is 19.6 Å².